The Morgan fingerprint density at radius 2 is 1.87 bits per heavy atom. The van der Waals surface area contributed by atoms with Crippen LogP contribution in [0.15, 0.2) is 48.7 Å². The van der Waals surface area contributed by atoms with Crippen molar-refractivity contribution < 1.29 is 0 Å². The largest absolute Gasteiger partial charge is 0.352 e. The molecule has 4 rings (SSSR count). The van der Waals surface area contributed by atoms with Gasteiger partial charge < -0.3 is 14.8 Å². The first kappa shape index (κ1) is 21.2. The zero-order valence-corrected chi connectivity index (χ0v) is 19.7. The normalized spacial score (nSPS) is 18.9. The van der Waals surface area contributed by atoms with Crippen molar-refractivity contribution >= 4 is 40.5 Å². The lowest BCUT2D eigenvalue weighted by Crippen LogP contribution is -2.35. The van der Waals surface area contributed by atoms with Crippen molar-refractivity contribution in [2.75, 3.05) is 0 Å². The highest BCUT2D eigenvalue weighted by Gasteiger charge is 2.42. The van der Waals surface area contributed by atoms with E-state index < -0.39 is 0 Å². The highest BCUT2D eigenvalue weighted by molar-refractivity contribution is 7.80. The minimum atomic E-state index is -0.0317. The molecule has 156 valence electrons. The number of benzene rings is 1. The molecule has 1 aliphatic heterocycles. The number of thiocarbonyl (C=S) groups is 1. The third-order valence-corrected chi connectivity index (χ3v) is 6.50. The predicted molar refractivity (Wildman–Crippen MR) is 128 cm³/mol. The van der Waals surface area contributed by atoms with Crippen LogP contribution in [0.25, 0.3) is 5.69 Å². The number of nitrogens with zero attached hydrogens (tertiary/aromatic N) is 3. The molecule has 2 aromatic heterocycles. The number of aromatic nitrogens is 2. The van der Waals surface area contributed by atoms with Crippen molar-refractivity contribution in [3.63, 3.8) is 0 Å². The number of nitrogens with one attached hydrogen (secondary N) is 1. The molecule has 1 N–H and O–H groups in total. The third kappa shape index (κ3) is 3.59. The number of hydrogen-bond donors (Lipinski definition) is 1. The molecular formula is C23H24Cl2N4S. The van der Waals surface area contributed by atoms with Crippen LogP contribution in [0, 0.1) is 13.8 Å². The zero-order valence-electron chi connectivity index (χ0n) is 17.4. The molecule has 0 unspecified atom stereocenters. The number of pyridine rings is 1. The average molecular weight is 459 g/mol. The average Bonchev–Trinajstić information content (AvgIpc) is 3.19. The van der Waals surface area contributed by atoms with Gasteiger partial charge in [-0.25, -0.2) is 0 Å². The number of rotatable bonds is 4. The van der Waals surface area contributed by atoms with E-state index in [9.17, 15) is 0 Å². The van der Waals surface area contributed by atoms with Crippen molar-refractivity contribution in [2.45, 2.75) is 45.8 Å². The summed E-state index contributed by atoms with van der Waals surface area (Å²) in [5.74, 6) is 0. The molecule has 30 heavy (non-hydrogen) atoms. The van der Waals surface area contributed by atoms with Crippen LogP contribution in [-0.4, -0.2) is 25.6 Å². The second-order valence-electron chi connectivity index (χ2n) is 7.89. The monoisotopic (exact) mass is 458 g/mol. The molecule has 3 heterocycles. The summed E-state index contributed by atoms with van der Waals surface area (Å²) in [6.07, 6.45) is 1.83. The Hall–Kier alpha value is -2.08. The van der Waals surface area contributed by atoms with Crippen LogP contribution in [-0.2, 0) is 0 Å². The lowest BCUT2D eigenvalue weighted by molar-refractivity contribution is 0.269. The van der Waals surface area contributed by atoms with Gasteiger partial charge in [-0.15, -0.1) is 0 Å². The van der Waals surface area contributed by atoms with E-state index in [1.54, 1.807) is 6.07 Å². The minimum absolute atomic E-state index is 0.0263. The summed E-state index contributed by atoms with van der Waals surface area (Å²) in [6.45, 7) is 8.55. The van der Waals surface area contributed by atoms with Crippen LogP contribution in [0.4, 0.5) is 0 Å². The van der Waals surface area contributed by atoms with Crippen LogP contribution in [0.2, 0.25) is 10.0 Å². The summed E-state index contributed by atoms with van der Waals surface area (Å²) in [5, 5.41) is 5.50. The molecule has 3 aromatic rings. The zero-order chi connectivity index (χ0) is 21.6. The molecule has 2 atom stereocenters. The second kappa shape index (κ2) is 8.22. The van der Waals surface area contributed by atoms with Gasteiger partial charge in [-0.1, -0.05) is 29.3 Å². The fourth-order valence-corrected chi connectivity index (χ4v) is 5.32. The summed E-state index contributed by atoms with van der Waals surface area (Å²) in [6, 6.07) is 14.1. The molecule has 0 bridgehead atoms. The third-order valence-electron chi connectivity index (χ3n) is 5.63. The molecule has 0 aliphatic carbocycles. The lowest BCUT2D eigenvalue weighted by atomic mass is 9.96. The summed E-state index contributed by atoms with van der Waals surface area (Å²) in [5.41, 5.74) is 5.33. The van der Waals surface area contributed by atoms with E-state index in [1.807, 2.05) is 36.5 Å². The van der Waals surface area contributed by atoms with Gasteiger partial charge in [-0.05, 0) is 81.9 Å². The van der Waals surface area contributed by atoms with Crippen LogP contribution >= 0.6 is 35.4 Å². The Labute approximate surface area is 192 Å². The highest BCUT2D eigenvalue weighted by Crippen LogP contribution is 2.42. The fourth-order valence-electron chi connectivity index (χ4n) is 4.37. The van der Waals surface area contributed by atoms with E-state index >= 15 is 0 Å². The summed E-state index contributed by atoms with van der Waals surface area (Å²) in [7, 11) is 0. The predicted octanol–water partition coefficient (Wildman–Crippen LogP) is 6.18. The Balaban J connectivity index is 1.87. The van der Waals surface area contributed by atoms with Gasteiger partial charge in [0.25, 0.3) is 0 Å². The number of halogens is 2. The van der Waals surface area contributed by atoms with Crippen molar-refractivity contribution in [1.82, 2.24) is 19.8 Å². The SMILES string of the molecule is Cc1cc([C@@H]2[C@H](c3ccccn3)NC(=S)N2C(C)C)c(C)n1-c1ccc(Cl)cc1Cl. The summed E-state index contributed by atoms with van der Waals surface area (Å²) >= 11 is 18.4. The Morgan fingerprint density at radius 1 is 1.10 bits per heavy atom. The highest BCUT2D eigenvalue weighted by atomic mass is 35.5. The molecule has 1 aromatic carbocycles. The van der Waals surface area contributed by atoms with Gasteiger partial charge >= 0.3 is 0 Å². The Kier molecular flexibility index (Phi) is 5.80. The molecule has 0 spiro atoms. The van der Waals surface area contributed by atoms with E-state index in [1.165, 1.54) is 5.56 Å². The van der Waals surface area contributed by atoms with Crippen LogP contribution < -0.4 is 5.32 Å². The molecule has 1 aliphatic rings. The van der Waals surface area contributed by atoms with E-state index in [2.05, 4.69) is 53.5 Å². The first-order valence-corrected chi connectivity index (χ1v) is 11.1. The molecule has 0 radical (unpaired) electrons. The van der Waals surface area contributed by atoms with E-state index in [-0.39, 0.29) is 18.1 Å². The maximum Gasteiger partial charge on any atom is 0.170 e. The van der Waals surface area contributed by atoms with Gasteiger partial charge in [-0.3, -0.25) is 4.98 Å². The molecule has 4 nitrogen and oxygen atoms in total. The molecular weight excluding hydrogens is 435 g/mol. The van der Waals surface area contributed by atoms with Gasteiger partial charge in [0, 0.05) is 28.6 Å². The topological polar surface area (TPSA) is 33.1 Å². The second-order valence-corrected chi connectivity index (χ2v) is 9.12. The van der Waals surface area contributed by atoms with Crippen molar-refractivity contribution in [1.29, 1.82) is 0 Å². The van der Waals surface area contributed by atoms with Gasteiger partial charge in [0.05, 0.1) is 28.5 Å². The molecule has 1 saturated heterocycles. The van der Waals surface area contributed by atoms with Gasteiger partial charge in [-0.2, -0.15) is 0 Å². The maximum absolute atomic E-state index is 6.54. The molecule has 1 fully saturated rings. The lowest BCUT2D eigenvalue weighted by Gasteiger charge is -2.31. The smallest absolute Gasteiger partial charge is 0.170 e. The van der Waals surface area contributed by atoms with Crippen LogP contribution in [0.1, 0.15) is 48.6 Å². The maximum atomic E-state index is 6.54. The fraction of sp³-hybridized carbons (Fsp3) is 0.304. The standard InChI is InChI=1S/C23H24Cl2N4S/c1-13(2)28-22(21(27-23(28)30)19-7-5-6-10-26-19)17-11-14(3)29(15(17)4)20-9-8-16(24)12-18(20)25/h5-13,21-22H,1-4H3,(H,27,30)/t21-,22+/m0/s1. The van der Waals surface area contributed by atoms with Crippen molar-refractivity contribution in [3.8, 4) is 5.69 Å². The van der Waals surface area contributed by atoms with Crippen LogP contribution in [0.3, 0.4) is 0 Å². The summed E-state index contributed by atoms with van der Waals surface area (Å²) in [4.78, 5) is 6.88. The first-order chi connectivity index (χ1) is 14.3. The molecule has 0 amide bonds. The summed E-state index contributed by atoms with van der Waals surface area (Å²) < 4.78 is 2.18. The van der Waals surface area contributed by atoms with Gasteiger partial charge in [0.15, 0.2) is 5.11 Å². The van der Waals surface area contributed by atoms with E-state index in [0.29, 0.717) is 10.0 Å². The Bertz CT molecular complexity index is 1090. The number of hydrogen-bond acceptors (Lipinski definition) is 2. The number of aryl methyl sites for hydroxylation is 1. The quantitative estimate of drug-likeness (QED) is 0.473. The van der Waals surface area contributed by atoms with E-state index in [0.717, 1.165) is 27.9 Å². The van der Waals surface area contributed by atoms with Gasteiger partial charge in [0.2, 0.25) is 0 Å². The Morgan fingerprint density at radius 3 is 2.50 bits per heavy atom. The van der Waals surface area contributed by atoms with Crippen LogP contribution in [0.5, 0.6) is 0 Å². The first-order valence-electron chi connectivity index (χ1n) is 9.93. The minimum Gasteiger partial charge on any atom is -0.352 e. The van der Waals surface area contributed by atoms with Crippen molar-refractivity contribution in [2.24, 2.45) is 0 Å². The van der Waals surface area contributed by atoms with Crippen molar-refractivity contribution in [3.05, 3.63) is 81.4 Å². The molecule has 0 saturated carbocycles. The molecule has 7 heteroatoms. The van der Waals surface area contributed by atoms with Gasteiger partial charge in [0.1, 0.15) is 0 Å². The van der Waals surface area contributed by atoms with E-state index in [4.69, 9.17) is 35.4 Å².